The highest BCUT2D eigenvalue weighted by molar-refractivity contribution is 9.10. The van der Waals surface area contributed by atoms with Crippen molar-refractivity contribution in [2.75, 3.05) is 0 Å². The summed E-state index contributed by atoms with van der Waals surface area (Å²) in [6.45, 7) is 1.52. The van der Waals surface area contributed by atoms with Crippen LogP contribution in [0.5, 0.6) is 0 Å². The lowest BCUT2D eigenvalue weighted by atomic mass is 10.1. The summed E-state index contributed by atoms with van der Waals surface area (Å²) in [5.74, 6) is -1.45. The maximum Gasteiger partial charge on any atom is 0.325 e. The summed E-state index contributed by atoms with van der Waals surface area (Å²) in [5, 5.41) is 18.7. The highest BCUT2D eigenvalue weighted by Crippen LogP contribution is 2.16. The molecular formula is C13H13BrN4O3. The van der Waals surface area contributed by atoms with E-state index in [1.807, 2.05) is 31.2 Å². The van der Waals surface area contributed by atoms with E-state index in [0.29, 0.717) is 0 Å². The minimum Gasteiger partial charge on any atom is -0.480 e. The van der Waals surface area contributed by atoms with Gasteiger partial charge in [-0.2, -0.15) is 0 Å². The summed E-state index contributed by atoms with van der Waals surface area (Å²) >= 11 is 3.35. The number of carboxylic acid groups (broad SMARTS) is 1. The molecule has 0 spiro atoms. The molecule has 2 rings (SSSR count). The Labute approximate surface area is 129 Å². The van der Waals surface area contributed by atoms with Crippen LogP contribution < -0.4 is 5.32 Å². The zero-order valence-corrected chi connectivity index (χ0v) is 12.7. The van der Waals surface area contributed by atoms with Crippen molar-refractivity contribution in [3.8, 4) is 0 Å². The maximum absolute atomic E-state index is 12.0. The third-order valence-electron chi connectivity index (χ3n) is 2.79. The first-order valence-corrected chi connectivity index (χ1v) is 6.93. The molecule has 0 aliphatic heterocycles. The molecular weight excluding hydrogens is 340 g/mol. The Morgan fingerprint density at radius 1 is 1.38 bits per heavy atom. The molecule has 0 fully saturated rings. The van der Waals surface area contributed by atoms with Crippen LogP contribution in [-0.2, 0) is 11.3 Å². The van der Waals surface area contributed by atoms with E-state index in [-0.39, 0.29) is 18.3 Å². The molecule has 21 heavy (non-hydrogen) atoms. The molecule has 1 amide bonds. The largest absolute Gasteiger partial charge is 0.480 e. The quantitative estimate of drug-likeness (QED) is 0.851. The topological polar surface area (TPSA) is 97.1 Å². The Hall–Kier alpha value is -2.22. The lowest BCUT2D eigenvalue weighted by Crippen LogP contribution is -2.27. The molecule has 1 aromatic carbocycles. The van der Waals surface area contributed by atoms with Crippen LogP contribution in [0.2, 0.25) is 0 Å². The van der Waals surface area contributed by atoms with Gasteiger partial charge < -0.3 is 10.4 Å². The normalized spacial score (nSPS) is 11.9. The molecule has 0 radical (unpaired) electrons. The highest BCUT2D eigenvalue weighted by atomic mass is 79.9. The number of nitrogens with one attached hydrogen (secondary N) is 1. The van der Waals surface area contributed by atoms with Crippen LogP contribution >= 0.6 is 15.9 Å². The average Bonchev–Trinajstić information content (AvgIpc) is 2.87. The molecule has 2 N–H and O–H groups in total. The Morgan fingerprint density at radius 3 is 2.67 bits per heavy atom. The standard InChI is InChI=1S/C13H13BrN4O3/c1-8(9-2-4-10(14)5-3-9)15-13(21)11-6-18(17-16-11)7-12(19)20/h2-6,8H,7H2,1H3,(H,15,21)(H,19,20). The molecule has 1 atom stereocenters. The summed E-state index contributed by atoms with van der Waals surface area (Å²) in [5.41, 5.74) is 1.03. The second-order valence-electron chi connectivity index (χ2n) is 4.44. The number of carbonyl (C=O) groups excluding carboxylic acids is 1. The van der Waals surface area contributed by atoms with Gasteiger partial charge in [-0.05, 0) is 24.6 Å². The molecule has 0 bridgehead atoms. The van der Waals surface area contributed by atoms with E-state index in [0.717, 1.165) is 14.7 Å². The number of carbonyl (C=O) groups is 2. The van der Waals surface area contributed by atoms with Crippen molar-refractivity contribution in [2.45, 2.75) is 19.5 Å². The van der Waals surface area contributed by atoms with Crippen LogP contribution in [0, 0.1) is 0 Å². The van der Waals surface area contributed by atoms with Crippen LogP contribution in [0.3, 0.4) is 0 Å². The number of halogens is 1. The number of nitrogens with zero attached hydrogens (tertiary/aromatic N) is 3. The second kappa shape index (κ2) is 6.49. The minimum absolute atomic E-state index is 0.0835. The lowest BCUT2D eigenvalue weighted by Gasteiger charge is -2.13. The van der Waals surface area contributed by atoms with Crippen LogP contribution in [0.4, 0.5) is 0 Å². The molecule has 2 aromatic rings. The Morgan fingerprint density at radius 2 is 2.05 bits per heavy atom. The summed E-state index contributed by atoms with van der Waals surface area (Å²) in [6, 6.07) is 7.38. The number of benzene rings is 1. The average molecular weight is 353 g/mol. The highest BCUT2D eigenvalue weighted by Gasteiger charge is 2.15. The van der Waals surface area contributed by atoms with Gasteiger partial charge in [0.1, 0.15) is 6.54 Å². The van der Waals surface area contributed by atoms with Crippen molar-refractivity contribution < 1.29 is 14.7 Å². The maximum atomic E-state index is 12.0. The summed E-state index contributed by atoms with van der Waals surface area (Å²) in [4.78, 5) is 22.6. The number of amides is 1. The zero-order valence-electron chi connectivity index (χ0n) is 11.2. The van der Waals surface area contributed by atoms with Crippen LogP contribution in [0.25, 0.3) is 0 Å². The number of hydrogen-bond donors (Lipinski definition) is 2. The van der Waals surface area contributed by atoms with E-state index >= 15 is 0 Å². The fourth-order valence-corrected chi connectivity index (χ4v) is 1.99. The molecule has 0 aliphatic carbocycles. The van der Waals surface area contributed by atoms with Crippen molar-refractivity contribution in [1.29, 1.82) is 0 Å². The van der Waals surface area contributed by atoms with E-state index in [1.54, 1.807) is 0 Å². The van der Waals surface area contributed by atoms with Crippen LogP contribution in [-0.4, -0.2) is 32.0 Å². The van der Waals surface area contributed by atoms with Gasteiger partial charge >= 0.3 is 5.97 Å². The first-order valence-electron chi connectivity index (χ1n) is 6.14. The summed E-state index contributed by atoms with van der Waals surface area (Å²) in [7, 11) is 0. The first kappa shape index (κ1) is 15.2. The second-order valence-corrected chi connectivity index (χ2v) is 5.36. The molecule has 7 nitrogen and oxygen atoms in total. The summed E-state index contributed by atoms with van der Waals surface area (Å²) < 4.78 is 2.06. The molecule has 0 aliphatic rings. The van der Waals surface area contributed by atoms with Gasteiger partial charge in [0.05, 0.1) is 12.2 Å². The van der Waals surface area contributed by atoms with Crippen molar-refractivity contribution in [3.05, 3.63) is 46.2 Å². The fraction of sp³-hybridized carbons (Fsp3) is 0.231. The third kappa shape index (κ3) is 4.12. The SMILES string of the molecule is CC(NC(=O)c1cn(CC(=O)O)nn1)c1ccc(Br)cc1. The lowest BCUT2D eigenvalue weighted by molar-refractivity contribution is -0.137. The van der Waals surface area contributed by atoms with Gasteiger partial charge in [-0.1, -0.05) is 33.3 Å². The molecule has 1 unspecified atom stereocenters. The minimum atomic E-state index is -1.05. The fourth-order valence-electron chi connectivity index (χ4n) is 1.72. The van der Waals surface area contributed by atoms with Crippen LogP contribution in [0.15, 0.2) is 34.9 Å². The van der Waals surface area contributed by atoms with Gasteiger partial charge in [0.25, 0.3) is 5.91 Å². The molecule has 8 heteroatoms. The first-order chi connectivity index (χ1) is 9.95. The molecule has 0 saturated heterocycles. The van der Waals surface area contributed by atoms with E-state index in [2.05, 4.69) is 31.6 Å². The Bertz CT molecular complexity index is 654. The Kier molecular flexibility index (Phi) is 4.69. The number of aromatic nitrogens is 3. The van der Waals surface area contributed by atoms with Crippen molar-refractivity contribution in [2.24, 2.45) is 0 Å². The molecule has 1 aromatic heterocycles. The predicted octanol–water partition coefficient (Wildman–Crippen LogP) is 1.62. The van der Waals surface area contributed by atoms with Gasteiger partial charge in [-0.3, -0.25) is 9.59 Å². The van der Waals surface area contributed by atoms with E-state index in [1.165, 1.54) is 6.20 Å². The van der Waals surface area contributed by atoms with Crippen LogP contribution in [0.1, 0.15) is 29.0 Å². The summed E-state index contributed by atoms with van der Waals surface area (Å²) in [6.07, 6.45) is 1.30. The Balaban J connectivity index is 2.02. The predicted molar refractivity (Wildman–Crippen MR) is 77.7 cm³/mol. The van der Waals surface area contributed by atoms with E-state index in [9.17, 15) is 9.59 Å². The smallest absolute Gasteiger partial charge is 0.325 e. The van der Waals surface area contributed by atoms with Gasteiger partial charge in [-0.25, -0.2) is 4.68 Å². The number of rotatable bonds is 5. The van der Waals surface area contributed by atoms with Crippen molar-refractivity contribution in [1.82, 2.24) is 20.3 Å². The van der Waals surface area contributed by atoms with Gasteiger partial charge in [-0.15, -0.1) is 5.10 Å². The monoisotopic (exact) mass is 352 g/mol. The molecule has 1 heterocycles. The van der Waals surface area contributed by atoms with Crippen molar-refractivity contribution in [3.63, 3.8) is 0 Å². The zero-order chi connectivity index (χ0) is 15.4. The van der Waals surface area contributed by atoms with Gasteiger partial charge in [0, 0.05) is 4.47 Å². The third-order valence-corrected chi connectivity index (χ3v) is 3.31. The number of aliphatic carboxylic acids is 1. The molecule has 0 saturated carbocycles. The van der Waals surface area contributed by atoms with E-state index in [4.69, 9.17) is 5.11 Å². The molecule has 110 valence electrons. The number of carboxylic acids is 1. The van der Waals surface area contributed by atoms with Crippen molar-refractivity contribution >= 4 is 27.8 Å². The number of hydrogen-bond acceptors (Lipinski definition) is 4. The van der Waals surface area contributed by atoms with Gasteiger partial charge in [0.15, 0.2) is 5.69 Å². The van der Waals surface area contributed by atoms with Gasteiger partial charge in [0.2, 0.25) is 0 Å². The van der Waals surface area contributed by atoms with E-state index < -0.39 is 11.9 Å².